The van der Waals surface area contributed by atoms with Crippen LogP contribution in [-0.2, 0) is 9.59 Å². The van der Waals surface area contributed by atoms with Gasteiger partial charge in [0.25, 0.3) is 0 Å². The molecule has 156 valence electrons. The average Bonchev–Trinajstić information content (AvgIpc) is 3.00. The van der Waals surface area contributed by atoms with E-state index in [1.54, 1.807) is 24.3 Å². The molecular formula is C18H31N7O3. The lowest BCUT2D eigenvalue weighted by Crippen LogP contribution is -2.53. The Morgan fingerprint density at radius 2 is 2.00 bits per heavy atom. The smallest absolute Gasteiger partial charge is 0.247 e. The second-order valence-corrected chi connectivity index (χ2v) is 6.98. The van der Waals surface area contributed by atoms with E-state index >= 15 is 0 Å². The molecule has 0 aromatic carbocycles. The molecule has 1 aromatic heterocycles. The molecule has 0 radical (unpaired) electrons. The van der Waals surface area contributed by atoms with Crippen molar-refractivity contribution in [3.63, 3.8) is 0 Å². The maximum Gasteiger partial charge on any atom is 0.247 e. The lowest BCUT2D eigenvalue weighted by atomic mass is 10.0. The fourth-order valence-corrected chi connectivity index (χ4v) is 3.00. The Labute approximate surface area is 165 Å². The van der Waals surface area contributed by atoms with Crippen molar-refractivity contribution in [3.05, 3.63) is 30.5 Å². The molecule has 1 saturated heterocycles. The number of aromatic nitrogens is 2. The Morgan fingerprint density at radius 1 is 1.43 bits per heavy atom. The molecule has 1 aliphatic rings. The fraction of sp³-hybridized carbons (Fsp3) is 0.556. The molecule has 0 spiro atoms. The molecule has 3 atom stereocenters. The molecule has 10 heteroatoms. The molecule has 1 fully saturated rings. The molecule has 3 unspecified atom stereocenters. The van der Waals surface area contributed by atoms with Gasteiger partial charge in [0.05, 0.1) is 11.8 Å². The summed E-state index contributed by atoms with van der Waals surface area (Å²) in [5, 5.41) is 13.4. The first-order valence-corrected chi connectivity index (χ1v) is 9.08. The first-order chi connectivity index (χ1) is 13.2. The molecule has 6 N–H and O–H groups in total. The molecule has 1 aromatic rings. The predicted molar refractivity (Wildman–Crippen MR) is 106 cm³/mol. The van der Waals surface area contributed by atoms with Gasteiger partial charge in [0.15, 0.2) is 0 Å². The van der Waals surface area contributed by atoms with Crippen LogP contribution in [0.1, 0.15) is 32.8 Å². The van der Waals surface area contributed by atoms with Crippen molar-refractivity contribution in [2.45, 2.75) is 45.4 Å². The minimum absolute atomic E-state index is 0.00833. The van der Waals surface area contributed by atoms with Crippen molar-refractivity contribution in [3.8, 4) is 0 Å². The monoisotopic (exact) mass is 393 g/mol. The lowest BCUT2D eigenvalue weighted by Gasteiger charge is -2.33. The zero-order chi connectivity index (χ0) is 21.3. The van der Waals surface area contributed by atoms with Gasteiger partial charge in [-0.2, -0.15) is 0 Å². The summed E-state index contributed by atoms with van der Waals surface area (Å²) in [4.78, 5) is 31.5. The number of nitrogens with two attached hydrogens (primary N) is 2. The number of aliphatic hydroxyl groups is 1. The van der Waals surface area contributed by atoms with E-state index in [1.807, 2.05) is 20.8 Å². The van der Waals surface area contributed by atoms with E-state index in [1.165, 1.54) is 17.5 Å². The SMILES string of the molecule is CC(C)C(C(=O)N1CC(O)CC1C)N(N)/C=C(\N)c1cncnc1.CNC=O. The van der Waals surface area contributed by atoms with Crippen LogP contribution in [0.25, 0.3) is 5.70 Å². The third-order valence-electron chi connectivity index (χ3n) is 4.34. The summed E-state index contributed by atoms with van der Waals surface area (Å²) in [6.07, 6.45) is 6.83. The Bertz CT molecular complexity index is 654. The van der Waals surface area contributed by atoms with Crippen LogP contribution in [0.5, 0.6) is 0 Å². The highest BCUT2D eigenvalue weighted by Gasteiger charge is 2.37. The molecule has 0 bridgehead atoms. The van der Waals surface area contributed by atoms with Gasteiger partial charge in [-0.25, -0.2) is 15.8 Å². The van der Waals surface area contributed by atoms with Gasteiger partial charge in [-0.1, -0.05) is 13.8 Å². The van der Waals surface area contributed by atoms with E-state index in [-0.39, 0.29) is 17.9 Å². The third-order valence-corrected chi connectivity index (χ3v) is 4.34. The zero-order valence-corrected chi connectivity index (χ0v) is 16.8. The highest BCUT2D eigenvalue weighted by molar-refractivity contribution is 5.83. The zero-order valence-electron chi connectivity index (χ0n) is 16.8. The average molecular weight is 393 g/mol. The molecule has 2 heterocycles. The van der Waals surface area contributed by atoms with Gasteiger partial charge in [0, 0.05) is 43.8 Å². The van der Waals surface area contributed by atoms with Gasteiger partial charge in [0.2, 0.25) is 12.3 Å². The number of nitrogens with zero attached hydrogens (tertiary/aromatic N) is 4. The van der Waals surface area contributed by atoms with Crippen LogP contribution < -0.4 is 16.9 Å². The summed E-state index contributed by atoms with van der Waals surface area (Å²) in [5.41, 5.74) is 7.04. The van der Waals surface area contributed by atoms with Crippen LogP contribution in [0.2, 0.25) is 0 Å². The first-order valence-electron chi connectivity index (χ1n) is 9.08. The van der Waals surface area contributed by atoms with E-state index in [4.69, 9.17) is 16.4 Å². The quantitative estimate of drug-likeness (QED) is 0.281. The normalized spacial score (nSPS) is 20.2. The number of β-amino-alcohol motifs (C(OH)–C–C–N with tert-alkyl or cyclic N) is 1. The van der Waals surface area contributed by atoms with Crippen molar-refractivity contribution in [2.24, 2.45) is 17.5 Å². The number of carbonyl (C=O) groups excluding carboxylic acids is 2. The summed E-state index contributed by atoms with van der Waals surface area (Å²) in [7, 11) is 1.56. The second kappa shape index (κ2) is 11.2. The van der Waals surface area contributed by atoms with Gasteiger partial charge in [-0.3, -0.25) is 9.59 Å². The molecule has 10 nitrogen and oxygen atoms in total. The Balaban J connectivity index is 0.000000892. The van der Waals surface area contributed by atoms with E-state index in [0.29, 0.717) is 30.6 Å². The standard InChI is InChI=1S/C16H26N6O2.C2H5NO/c1-10(2)15(16(24)21-7-13(23)4-11(21)3)22(18)8-14(17)12-5-19-9-20-6-12;1-3-2-4/h5-6,8-11,13,15,23H,4,7,17-18H2,1-3H3;2H,1H3,(H,3,4)/b14-8-;. The minimum atomic E-state index is -0.569. The maximum absolute atomic E-state index is 12.9. The molecule has 0 saturated carbocycles. The van der Waals surface area contributed by atoms with E-state index in [2.05, 4.69) is 15.3 Å². The lowest BCUT2D eigenvalue weighted by molar-refractivity contribution is -0.138. The van der Waals surface area contributed by atoms with Crippen molar-refractivity contribution in [1.82, 2.24) is 25.2 Å². The van der Waals surface area contributed by atoms with Gasteiger partial charge in [0.1, 0.15) is 12.4 Å². The molecule has 28 heavy (non-hydrogen) atoms. The van der Waals surface area contributed by atoms with Crippen molar-refractivity contribution >= 4 is 18.0 Å². The minimum Gasteiger partial charge on any atom is -0.397 e. The van der Waals surface area contributed by atoms with Crippen LogP contribution in [0.15, 0.2) is 24.9 Å². The number of hydrogen-bond acceptors (Lipinski definition) is 8. The summed E-state index contributed by atoms with van der Waals surface area (Å²) >= 11 is 0. The van der Waals surface area contributed by atoms with Crippen molar-refractivity contribution in [2.75, 3.05) is 13.6 Å². The Hall–Kier alpha value is -2.72. The molecular weight excluding hydrogens is 362 g/mol. The van der Waals surface area contributed by atoms with Gasteiger partial charge in [-0.15, -0.1) is 0 Å². The van der Waals surface area contributed by atoms with Crippen LogP contribution in [-0.4, -0.2) is 69.1 Å². The van der Waals surface area contributed by atoms with Crippen molar-refractivity contribution < 1.29 is 14.7 Å². The third kappa shape index (κ3) is 6.46. The summed E-state index contributed by atoms with van der Waals surface area (Å²) < 4.78 is 0. The molecule has 1 aliphatic heterocycles. The number of carbonyl (C=O) groups is 2. The Kier molecular flexibility index (Phi) is 9.33. The van der Waals surface area contributed by atoms with E-state index < -0.39 is 12.1 Å². The van der Waals surface area contributed by atoms with Gasteiger partial charge >= 0.3 is 0 Å². The van der Waals surface area contributed by atoms with Gasteiger partial charge < -0.3 is 26.1 Å². The van der Waals surface area contributed by atoms with Gasteiger partial charge in [-0.05, 0) is 19.3 Å². The number of nitrogens with one attached hydrogen (secondary N) is 1. The summed E-state index contributed by atoms with van der Waals surface area (Å²) in [5.74, 6) is 6.00. The highest BCUT2D eigenvalue weighted by Crippen LogP contribution is 2.22. The number of hydrogen-bond donors (Lipinski definition) is 4. The predicted octanol–water partition coefficient (Wildman–Crippen LogP) is -0.722. The number of aliphatic hydroxyl groups excluding tert-OH is 1. The maximum atomic E-state index is 12.9. The van der Waals surface area contributed by atoms with E-state index in [0.717, 1.165) is 0 Å². The first kappa shape index (κ1) is 23.3. The highest BCUT2D eigenvalue weighted by atomic mass is 16.3. The molecule has 2 amide bonds. The fourth-order valence-electron chi connectivity index (χ4n) is 3.00. The second-order valence-electron chi connectivity index (χ2n) is 6.98. The van der Waals surface area contributed by atoms with Crippen LogP contribution in [0.3, 0.4) is 0 Å². The molecule has 0 aliphatic carbocycles. The van der Waals surface area contributed by atoms with Crippen molar-refractivity contribution in [1.29, 1.82) is 0 Å². The summed E-state index contributed by atoms with van der Waals surface area (Å²) in [6, 6.07) is -0.577. The number of amides is 2. The molecule has 2 rings (SSSR count). The van der Waals surface area contributed by atoms with Crippen LogP contribution >= 0.6 is 0 Å². The van der Waals surface area contributed by atoms with Crippen LogP contribution in [0, 0.1) is 5.92 Å². The largest absolute Gasteiger partial charge is 0.397 e. The van der Waals surface area contributed by atoms with E-state index in [9.17, 15) is 9.90 Å². The topological polar surface area (TPSA) is 151 Å². The summed E-state index contributed by atoms with van der Waals surface area (Å²) in [6.45, 7) is 6.12. The number of hydrazine groups is 1. The number of rotatable bonds is 6. The Morgan fingerprint density at radius 3 is 2.43 bits per heavy atom. The van der Waals surface area contributed by atoms with Crippen LogP contribution in [0.4, 0.5) is 0 Å². The number of likely N-dealkylation sites (tertiary alicyclic amines) is 1.